The van der Waals surface area contributed by atoms with Crippen molar-refractivity contribution >= 4 is 35.8 Å². The molecule has 0 saturated heterocycles. The molecule has 0 aliphatic heterocycles. The Bertz CT molecular complexity index is 1900. The van der Waals surface area contributed by atoms with Crippen LogP contribution in [0, 0.1) is 49.7 Å². The van der Waals surface area contributed by atoms with E-state index < -0.39 is 66.1 Å². The summed E-state index contributed by atoms with van der Waals surface area (Å²) >= 11 is 0. The van der Waals surface area contributed by atoms with Crippen molar-refractivity contribution in [3.05, 3.63) is 0 Å². The van der Waals surface area contributed by atoms with E-state index in [4.69, 9.17) is 28.4 Å². The van der Waals surface area contributed by atoms with Gasteiger partial charge in [-0.2, -0.15) is 0 Å². The zero-order chi connectivity index (χ0) is 57.8. The van der Waals surface area contributed by atoms with Gasteiger partial charge in [-0.25, -0.2) is 0 Å². The Balaban J connectivity index is 0.000000548. The van der Waals surface area contributed by atoms with E-state index in [2.05, 4.69) is 27.7 Å². The maximum Gasteiger partial charge on any atom is 0.312 e. The highest BCUT2D eigenvalue weighted by Crippen LogP contribution is 2.58. The SMILES string of the molecule is CCC1(C(=O)OC(C)(C)C)CC(C)(C(=O)OC(C)(C)C)CCC1C.CCC1(C(=O)OC(C)(C)C)CC(C)(C)CC(C)(C(=O)OC(C)(C)C)C1.CCC1(C(=O)OC(C)(C)C)CCC(C)C(C)(C(=O)OC(C)(C)C)C1. The summed E-state index contributed by atoms with van der Waals surface area (Å²) < 4.78 is 34.2. The summed E-state index contributed by atoms with van der Waals surface area (Å²) in [7, 11) is 0. The summed E-state index contributed by atoms with van der Waals surface area (Å²) in [6.07, 6.45) is 8.03. The highest BCUT2D eigenvalue weighted by Gasteiger charge is 2.59. The minimum atomic E-state index is -0.693. The molecule has 8 atom stereocenters. The molecule has 3 saturated carbocycles. The fourth-order valence-electron chi connectivity index (χ4n) is 11.4. The third kappa shape index (κ3) is 19.4. The molecule has 3 rings (SSSR count). The molecule has 0 radical (unpaired) electrons. The topological polar surface area (TPSA) is 158 Å². The molecule has 12 nitrogen and oxygen atoms in total. The molecule has 0 heterocycles. The van der Waals surface area contributed by atoms with E-state index >= 15 is 0 Å². The van der Waals surface area contributed by atoms with Crippen LogP contribution in [0.25, 0.3) is 0 Å². The number of carbonyl (C=O) groups excluding carboxylic acids is 6. The molecule has 0 spiro atoms. The summed E-state index contributed by atoms with van der Waals surface area (Å²) in [5.74, 6) is -0.813. The second kappa shape index (κ2) is 23.2. The molecule has 3 aliphatic rings. The lowest BCUT2D eigenvalue weighted by Crippen LogP contribution is -2.52. The van der Waals surface area contributed by atoms with Crippen molar-refractivity contribution in [2.24, 2.45) is 49.7 Å². The Labute approximate surface area is 445 Å². The molecule has 3 aliphatic carbocycles. The van der Waals surface area contributed by atoms with Gasteiger partial charge in [-0.3, -0.25) is 28.8 Å². The summed E-state index contributed by atoms with van der Waals surface area (Å²) in [6, 6.07) is 0. The first-order chi connectivity index (χ1) is 32.2. The van der Waals surface area contributed by atoms with Gasteiger partial charge in [0.05, 0.1) is 32.5 Å². The van der Waals surface area contributed by atoms with Gasteiger partial charge in [-0.15, -0.1) is 0 Å². The van der Waals surface area contributed by atoms with Crippen LogP contribution in [0.5, 0.6) is 0 Å². The lowest BCUT2D eigenvalue weighted by molar-refractivity contribution is -0.188. The van der Waals surface area contributed by atoms with Gasteiger partial charge < -0.3 is 28.4 Å². The molecule has 12 heteroatoms. The number of esters is 6. The van der Waals surface area contributed by atoms with Crippen LogP contribution in [-0.2, 0) is 57.2 Å². The Morgan fingerprint density at radius 1 is 0.370 bits per heavy atom. The zero-order valence-corrected chi connectivity index (χ0v) is 52.0. The van der Waals surface area contributed by atoms with Gasteiger partial charge in [0, 0.05) is 0 Å². The normalized spacial score (nSPS) is 30.9. The van der Waals surface area contributed by atoms with Crippen molar-refractivity contribution in [3.8, 4) is 0 Å². The number of hydrogen-bond donors (Lipinski definition) is 0. The van der Waals surface area contributed by atoms with Crippen LogP contribution in [0.2, 0.25) is 0 Å². The third-order valence-corrected chi connectivity index (χ3v) is 15.1. The number of hydrogen-bond acceptors (Lipinski definition) is 12. The average molecular weight is 1040 g/mol. The molecule has 0 amide bonds. The van der Waals surface area contributed by atoms with Crippen LogP contribution in [0.3, 0.4) is 0 Å². The van der Waals surface area contributed by atoms with Crippen molar-refractivity contribution in [2.45, 2.75) is 305 Å². The molecule has 3 fully saturated rings. The van der Waals surface area contributed by atoms with Crippen molar-refractivity contribution in [1.29, 1.82) is 0 Å². The average Bonchev–Trinajstić information content (AvgIpc) is 3.15. The summed E-state index contributed by atoms with van der Waals surface area (Å²) in [5, 5.41) is 0. The van der Waals surface area contributed by atoms with Crippen molar-refractivity contribution in [3.63, 3.8) is 0 Å². The summed E-state index contributed by atoms with van der Waals surface area (Å²) in [6.45, 7) is 54.1. The van der Waals surface area contributed by atoms with Crippen LogP contribution in [-0.4, -0.2) is 69.4 Å². The molecule has 426 valence electrons. The minimum absolute atomic E-state index is 0.142. The van der Waals surface area contributed by atoms with Crippen LogP contribution in [0.15, 0.2) is 0 Å². The minimum Gasteiger partial charge on any atom is -0.460 e. The third-order valence-electron chi connectivity index (χ3n) is 15.1. The van der Waals surface area contributed by atoms with Gasteiger partial charge in [0.15, 0.2) is 0 Å². The quantitative estimate of drug-likeness (QED) is 0.159. The van der Waals surface area contributed by atoms with E-state index in [1.807, 2.05) is 166 Å². The first kappa shape index (κ1) is 67.8. The summed E-state index contributed by atoms with van der Waals surface area (Å²) in [4.78, 5) is 77.6. The van der Waals surface area contributed by atoms with Crippen molar-refractivity contribution < 1.29 is 57.2 Å². The Kier molecular flexibility index (Phi) is 21.6. The van der Waals surface area contributed by atoms with Gasteiger partial charge in [0.2, 0.25) is 0 Å². The Hall–Kier alpha value is -3.18. The fraction of sp³-hybridized carbons (Fsp3) is 0.902. The predicted octanol–water partition coefficient (Wildman–Crippen LogP) is 15.1. The van der Waals surface area contributed by atoms with Crippen LogP contribution in [0.4, 0.5) is 0 Å². The van der Waals surface area contributed by atoms with Gasteiger partial charge in [0.1, 0.15) is 33.6 Å². The Morgan fingerprint density at radius 3 is 1.10 bits per heavy atom. The van der Waals surface area contributed by atoms with E-state index in [-0.39, 0.29) is 53.1 Å². The molecular formula is C61H110O12. The Morgan fingerprint density at radius 2 is 0.712 bits per heavy atom. The second-order valence-electron chi connectivity index (χ2n) is 30.3. The lowest BCUT2D eigenvalue weighted by atomic mass is 9.53. The first-order valence-electron chi connectivity index (χ1n) is 27.6. The molecule has 0 aromatic carbocycles. The molecule has 73 heavy (non-hydrogen) atoms. The van der Waals surface area contributed by atoms with Crippen LogP contribution in [0.1, 0.15) is 271 Å². The second-order valence-corrected chi connectivity index (χ2v) is 30.3. The van der Waals surface area contributed by atoms with Crippen LogP contribution >= 0.6 is 0 Å². The number of carbonyl (C=O) groups is 6. The number of rotatable bonds is 9. The highest BCUT2D eigenvalue weighted by molar-refractivity contribution is 5.84. The van der Waals surface area contributed by atoms with Gasteiger partial charge in [0.25, 0.3) is 0 Å². The summed E-state index contributed by atoms with van der Waals surface area (Å²) in [5.41, 5.74) is -7.22. The molecule has 8 unspecified atom stereocenters. The molecule has 0 N–H and O–H groups in total. The van der Waals surface area contributed by atoms with E-state index in [0.29, 0.717) is 44.9 Å². The maximum absolute atomic E-state index is 13.1. The largest absolute Gasteiger partial charge is 0.460 e. The van der Waals surface area contributed by atoms with E-state index in [1.165, 1.54) is 0 Å². The van der Waals surface area contributed by atoms with Crippen molar-refractivity contribution in [2.75, 3.05) is 0 Å². The van der Waals surface area contributed by atoms with Crippen LogP contribution < -0.4 is 0 Å². The van der Waals surface area contributed by atoms with E-state index in [1.54, 1.807) is 0 Å². The van der Waals surface area contributed by atoms with Gasteiger partial charge >= 0.3 is 35.8 Å². The lowest BCUT2D eigenvalue weighted by Gasteiger charge is -2.51. The monoisotopic (exact) mass is 1030 g/mol. The van der Waals surface area contributed by atoms with Gasteiger partial charge in [-0.1, -0.05) is 48.5 Å². The number of ether oxygens (including phenoxy) is 6. The highest BCUT2D eigenvalue weighted by atomic mass is 16.6. The zero-order valence-electron chi connectivity index (χ0n) is 52.0. The van der Waals surface area contributed by atoms with E-state index in [0.717, 1.165) is 32.1 Å². The molecule has 0 aromatic heterocycles. The molecular weight excluding hydrogens is 925 g/mol. The standard InChI is InChI=1S/C21H38O4.2C20H36O4/c1-11-21(16(23)25-18(5,6)7)13-19(8,9)12-20(10,14-21)15(22)24-17(2,3)4;1-10-20(16(22)24-18(6,7)8)12-11-14(2)19(9,13-20)15(21)23-17(3,4)5;1-10-20(16(22)24-18(6,7)8)13-19(9,12-11-14(20)2)15(21)23-17(3,4)5/h11-14H2,1-10H3;2*14H,10-13H2,1-9H3. The predicted molar refractivity (Wildman–Crippen MR) is 291 cm³/mol. The maximum atomic E-state index is 13.1. The van der Waals surface area contributed by atoms with Crippen molar-refractivity contribution in [1.82, 2.24) is 0 Å². The smallest absolute Gasteiger partial charge is 0.312 e. The molecule has 0 aromatic rings. The fourth-order valence-corrected chi connectivity index (χ4v) is 11.4. The first-order valence-corrected chi connectivity index (χ1v) is 27.6. The van der Waals surface area contributed by atoms with Gasteiger partial charge in [-0.05, 0) is 240 Å². The molecule has 0 bridgehead atoms. The van der Waals surface area contributed by atoms with E-state index in [9.17, 15) is 28.8 Å².